The monoisotopic (exact) mass is 268 g/mol. The van der Waals surface area contributed by atoms with Crippen molar-refractivity contribution in [2.75, 3.05) is 13.6 Å². The summed E-state index contributed by atoms with van der Waals surface area (Å²) in [5.74, 6) is -1.18. The molecule has 0 atom stereocenters. The average molecular weight is 268 g/mol. The minimum atomic E-state index is -0.731. The van der Waals surface area contributed by atoms with Crippen LogP contribution in [0.4, 0.5) is 9.18 Å². The van der Waals surface area contributed by atoms with Crippen molar-refractivity contribution in [3.8, 4) is 0 Å². The molecule has 0 unspecified atom stereocenters. The van der Waals surface area contributed by atoms with Crippen molar-refractivity contribution in [3.05, 3.63) is 29.8 Å². The van der Waals surface area contributed by atoms with Crippen LogP contribution in [-0.2, 0) is 4.74 Å². The van der Waals surface area contributed by atoms with Crippen LogP contribution in [0.1, 0.15) is 31.3 Å². The van der Waals surface area contributed by atoms with E-state index in [1.165, 1.54) is 19.2 Å². The van der Waals surface area contributed by atoms with Gasteiger partial charge in [-0.05, 0) is 32.9 Å². The Morgan fingerprint density at radius 1 is 1.37 bits per heavy atom. The maximum absolute atomic E-state index is 12.9. The van der Waals surface area contributed by atoms with Crippen molar-refractivity contribution < 1.29 is 18.7 Å². The maximum atomic E-state index is 12.9. The molecule has 0 aliphatic carbocycles. The Hall–Kier alpha value is -1.98. The lowest BCUT2D eigenvalue weighted by molar-refractivity contribution is 0.0294. The first-order chi connectivity index (χ1) is 8.69. The van der Waals surface area contributed by atoms with E-state index in [9.17, 15) is 14.0 Å². The summed E-state index contributed by atoms with van der Waals surface area (Å²) in [7, 11) is 1.44. The molecule has 1 aromatic rings. The van der Waals surface area contributed by atoms with E-state index >= 15 is 0 Å². The molecule has 0 bridgehead atoms. The standard InChI is InChI=1S/C13H17FN2O3/c1-13(2,3)19-12(18)16(4)8-10(17)9-6-5-7-11(14)15-9/h5-7H,8H2,1-4H3. The number of hydrogen-bond acceptors (Lipinski definition) is 4. The molecular formula is C13H17FN2O3. The van der Waals surface area contributed by atoms with Gasteiger partial charge in [-0.15, -0.1) is 0 Å². The summed E-state index contributed by atoms with van der Waals surface area (Å²) in [5.41, 5.74) is -0.652. The number of Topliss-reactive ketones (excluding diaryl/α,β-unsaturated/α-hetero) is 1. The zero-order valence-electron chi connectivity index (χ0n) is 11.4. The molecule has 0 radical (unpaired) electrons. The highest BCUT2D eigenvalue weighted by molar-refractivity contribution is 5.97. The molecule has 0 N–H and O–H groups in total. The fourth-order valence-corrected chi connectivity index (χ4v) is 1.26. The number of ether oxygens (including phenoxy) is 1. The minimum Gasteiger partial charge on any atom is -0.444 e. The third-order valence-electron chi connectivity index (χ3n) is 2.09. The summed E-state index contributed by atoms with van der Waals surface area (Å²) in [6.07, 6.45) is -0.614. The van der Waals surface area contributed by atoms with Crippen molar-refractivity contribution in [1.29, 1.82) is 0 Å². The number of rotatable bonds is 3. The molecule has 6 heteroatoms. The number of likely N-dealkylation sites (N-methyl/N-ethyl adjacent to an activating group) is 1. The van der Waals surface area contributed by atoms with E-state index < -0.39 is 23.4 Å². The summed E-state index contributed by atoms with van der Waals surface area (Å²) in [6, 6.07) is 3.94. The Labute approximate surface area is 111 Å². The Bertz CT molecular complexity index is 483. The van der Waals surface area contributed by atoms with Gasteiger partial charge in [0.1, 0.15) is 11.3 Å². The highest BCUT2D eigenvalue weighted by Crippen LogP contribution is 2.09. The first kappa shape index (κ1) is 15.1. The number of carbonyl (C=O) groups is 2. The second-order valence-electron chi connectivity index (χ2n) is 5.11. The van der Waals surface area contributed by atoms with Gasteiger partial charge in [-0.3, -0.25) is 4.79 Å². The fourth-order valence-electron chi connectivity index (χ4n) is 1.26. The number of nitrogens with zero attached hydrogens (tertiary/aromatic N) is 2. The zero-order valence-corrected chi connectivity index (χ0v) is 11.4. The summed E-state index contributed by atoms with van der Waals surface area (Å²) < 4.78 is 18.0. The molecule has 0 aliphatic rings. The molecule has 104 valence electrons. The Balaban J connectivity index is 2.64. The van der Waals surface area contributed by atoms with E-state index in [4.69, 9.17) is 4.74 Å². The van der Waals surface area contributed by atoms with Crippen molar-refractivity contribution in [2.24, 2.45) is 0 Å². The van der Waals surface area contributed by atoms with E-state index in [2.05, 4.69) is 4.98 Å². The van der Waals surface area contributed by atoms with Crippen molar-refractivity contribution in [3.63, 3.8) is 0 Å². The van der Waals surface area contributed by atoms with E-state index in [1.807, 2.05) is 0 Å². The molecule has 5 nitrogen and oxygen atoms in total. The van der Waals surface area contributed by atoms with Crippen molar-refractivity contribution >= 4 is 11.9 Å². The highest BCUT2D eigenvalue weighted by Gasteiger charge is 2.21. The maximum Gasteiger partial charge on any atom is 0.410 e. The molecule has 1 heterocycles. The quantitative estimate of drug-likeness (QED) is 0.623. The molecule has 0 saturated heterocycles. The highest BCUT2D eigenvalue weighted by atomic mass is 19.1. The van der Waals surface area contributed by atoms with E-state index in [0.29, 0.717) is 0 Å². The molecule has 0 fully saturated rings. The predicted octanol–water partition coefficient (Wildman–Crippen LogP) is 2.27. The third kappa shape index (κ3) is 5.03. The number of amides is 1. The van der Waals surface area contributed by atoms with Gasteiger partial charge in [0.05, 0.1) is 6.54 Å². The largest absolute Gasteiger partial charge is 0.444 e. The van der Waals surface area contributed by atoms with Crippen LogP contribution in [0.15, 0.2) is 18.2 Å². The number of hydrogen-bond donors (Lipinski definition) is 0. The second-order valence-corrected chi connectivity index (χ2v) is 5.11. The molecule has 1 amide bonds. The van der Waals surface area contributed by atoms with Crippen LogP contribution >= 0.6 is 0 Å². The van der Waals surface area contributed by atoms with Gasteiger partial charge in [-0.2, -0.15) is 4.39 Å². The lowest BCUT2D eigenvalue weighted by atomic mass is 10.2. The van der Waals surface area contributed by atoms with Crippen LogP contribution in [-0.4, -0.2) is 41.0 Å². The summed E-state index contributed by atoms with van der Waals surface area (Å²) in [5, 5.41) is 0. The molecule has 0 saturated carbocycles. The van der Waals surface area contributed by atoms with Crippen LogP contribution < -0.4 is 0 Å². The summed E-state index contributed by atoms with van der Waals surface area (Å²) >= 11 is 0. The van der Waals surface area contributed by atoms with Crippen LogP contribution in [0, 0.1) is 5.95 Å². The average Bonchev–Trinajstić information content (AvgIpc) is 2.26. The lowest BCUT2D eigenvalue weighted by Crippen LogP contribution is -2.37. The van der Waals surface area contributed by atoms with Crippen LogP contribution in [0.3, 0.4) is 0 Å². The first-order valence-electron chi connectivity index (χ1n) is 5.79. The minimum absolute atomic E-state index is 0.0181. The number of ketones is 1. The Morgan fingerprint density at radius 3 is 2.53 bits per heavy atom. The topological polar surface area (TPSA) is 59.5 Å². The number of pyridine rings is 1. The smallest absolute Gasteiger partial charge is 0.410 e. The third-order valence-corrected chi connectivity index (χ3v) is 2.09. The van der Waals surface area contributed by atoms with E-state index in [-0.39, 0.29) is 12.2 Å². The predicted molar refractivity (Wildman–Crippen MR) is 67.4 cm³/mol. The van der Waals surface area contributed by atoms with Gasteiger partial charge in [-0.25, -0.2) is 9.78 Å². The summed E-state index contributed by atoms with van der Waals surface area (Å²) in [4.78, 5) is 28.0. The Morgan fingerprint density at radius 2 is 2.00 bits per heavy atom. The number of carbonyl (C=O) groups excluding carboxylic acids is 2. The van der Waals surface area contributed by atoms with E-state index in [0.717, 1.165) is 11.0 Å². The molecular weight excluding hydrogens is 251 g/mol. The molecule has 1 aromatic heterocycles. The molecule has 0 spiro atoms. The van der Waals surface area contributed by atoms with Gasteiger partial charge in [-0.1, -0.05) is 6.07 Å². The molecule has 1 rings (SSSR count). The van der Waals surface area contributed by atoms with Crippen LogP contribution in [0.2, 0.25) is 0 Å². The second kappa shape index (κ2) is 5.77. The molecule has 0 aliphatic heterocycles. The Kier molecular flexibility index (Phi) is 4.58. The van der Waals surface area contributed by atoms with Crippen LogP contribution in [0.25, 0.3) is 0 Å². The SMILES string of the molecule is CN(CC(=O)c1cccc(F)n1)C(=O)OC(C)(C)C. The number of aromatic nitrogens is 1. The van der Waals surface area contributed by atoms with Gasteiger partial charge in [0.25, 0.3) is 0 Å². The molecule has 0 aromatic carbocycles. The lowest BCUT2D eigenvalue weighted by Gasteiger charge is -2.24. The van der Waals surface area contributed by atoms with Gasteiger partial charge in [0.15, 0.2) is 0 Å². The van der Waals surface area contributed by atoms with Gasteiger partial charge >= 0.3 is 6.09 Å². The van der Waals surface area contributed by atoms with Gasteiger partial charge in [0, 0.05) is 7.05 Å². The normalized spacial score (nSPS) is 11.0. The van der Waals surface area contributed by atoms with Gasteiger partial charge < -0.3 is 9.64 Å². The fraction of sp³-hybridized carbons (Fsp3) is 0.462. The van der Waals surface area contributed by atoms with Crippen LogP contribution in [0.5, 0.6) is 0 Å². The zero-order chi connectivity index (χ0) is 14.6. The van der Waals surface area contributed by atoms with E-state index in [1.54, 1.807) is 20.8 Å². The van der Waals surface area contributed by atoms with Crippen molar-refractivity contribution in [1.82, 2.24) is 9.88 Å². The van der Waals surface area contributed by atoms with Crippen molar-refractivity contribution in [2.45, 2.75) is 26.4 Å². The first-order valence-corrected chi connectivity index (χ1v) is 5.79. The van der Waals surface area contributed by atoms with Gasteiger partial charge in [0.2, 0.25) is 11.7 Å². The molecule has 19 heavy (non-hydrogen) atoms. The summed E-state index contributed by atoms with van der Waals surface area (Å²) in [6.45, 7) is 4.98. The number of halogens is 1.